The molecule has 0 aliphatic heterocycles. The Morgan fingerprint density at radius 3 is 2.63 bits per heavy atom. The van der Waals surface area contributed by atoms with Crippen LogP contribution in [-0.2, 0) is 24.6 Å². The van der Waals surface area contributed by atoms with Gasteiger partial charge in [0.15, 0.2) is 0 Å². The lowest BCUT2D eigenvalue weighted by atomic mass is 9.98. The molecule has 0 amide bonds. The highest BCUT2D eigenvalue weighted by Crippen LogP contribution is 2.32. The zero-order valence-corrected chi connectivity index (χ0v) is 15.9. The van der Waals surface area contributed by atoms with E-state index in [1.165, 1.54) is 24.1 Å². The molecule has 0 bridgehead atoms. The SMILES string of the molecule is CCOC(=O)c1ccc(-c2ccccc2)nc1-c1cc2c(n1C)CCCC2. The molecule has 0 N–H and O–H groups in total. The van der Waals surface area contributed by atoms with E-state index in [4.69, 9.17) is 9.72 Å². The molecule has 1 aliphatic carbocycles. The fraction of sp³-hybridized carbons (Fsp3) is 0.304. The van der Waals surface area contributed by atoms with E-state index in [2.05, 4.69) is 17.7 Å². The first-order chi connectivity index (χ1) is 13.2. The molecule has 0 saturated heterocycles. The molecule has 0 fully saturated rings. The Morgan fingerprint density at radius 1 is 1.11 bits per heavy atom. The van der Waals surface area contributed by atoms with Crippen molar-refractivity contribution < 1.29 is 9.53 Å². The van der Waals surface area contributed by atoms with Gasteiger partial charge in [-0.2, -0.15) is 0 Å². The lowest BCUT2D eigenvalue weighted by Crippen LogP contribution is -2.10. The van der Waals surface area contributed by atoms with Gasteiger partial charge in [-0.25, -0.2) is 9.78 Å². The summed E-state index contributed by atoms with van der Waals surface area (Å²) in [6.45, 7) is 2.17. The number of esters is 1. The van der Waals surface area contributed by atoms with Crippen molar-refractivity contribution in [3.63, 3.8) is 0 Å². The molecular weight excluding hydrogens is 336 g/mol. The van der Waals surface area contributed by atoms with Crippen LogP contribution in [0.2, 0.25) is 0 Å². The number of pyridine rings is 1. The van der Waals surface area contributed by atoms with Crippen LogP contribution in [0.25, 0.3) is 22.6 Å². The molecule has 4 heteroatoms. The predicted molar refractivity (Wildman–Crippen MR) is 107 cm³/mol. The van der Waals surface area contributed by atoms with Crippen LogP contribution in [0.15, 0.2) is 48.5 Å². The topological polar surface area (TPSA) is 44.1 Å². The number of hydrogen-bond acceptors (Lipinski definition) is 3. The van der Waals surface area contributed by atoms with E-state index < -0.39 is 0 Å². The van der Waals surface area contributed by atoms with E-state index in [1.807, 2.05) is 49.4 Å². The van der Waals surface area contributed by atoms with Gasteiger partial charge in [-0.1, -0.05) is 30.3 Å². The second-order valence-electron chi connectivity index (χ2n) is 6.95. The minimum Gasteiger partial charge on any atom is -0.462 e. The van der Waals surface area contributed by atoms with E-state index in [-0.39, 0.29) is 5.97 Å². The van der Waals surface area contributed by atoms with Gasteiger partial charge in [-0.15, -0.1) is 0 Å². The number of aromatic nitrogens is 2. The molecule has 0 radical (unpaired) electrons. The number of fused-ring (bicyclic) bond motifs is 1. The average molecular weight is 360 g/mol. The summed E-state index contributed by atoms with van der Waals surface area (Å²) in [6.07, 6.45) is 4.61. The molecule has 27 heavy (non-hydrogen) atoms. The molecule has 1 aromatic carbocycles. The van der Waals surface area contributed by atoms with E-state index >= 15 is 0 Å². The standard InChI is InChI=1S/C23H24N2O2/c1-3-27-23(26)18-13-14-19(16-9-5-4-6-10-16)24-22(18)21-15-17-11-7-8-12-20(17)25(21)2/h4-6,9-10,13-15H,3,7-8,11-12H2,1-2H3. The van der Waals surface area contributed by atoms with Crippen LogP contribution in [0.3, 0.4) is 0 Å². The Hall–Kier alpha value is -2.88. The number of rotatable bonds is 4. The normalized spacial score (nSPS) is 13.3. The van der Waals surface area contributed by atoms with Crippen molar-refractivity contribution in [3.05, 3.63) is 65.4 Å². The third-order valence-corrected chi connectivity index (χ3v) is 5.26. The molecule has 2 aromatic heterocycles. The molecule has 1 aliphatic rings. The molecule has 138 valence electrons. The van der Waals surface area contributed by atoms with Gasteiger partial charge in [0.1, 0.15) is 5.69 Å². The smallest absolute Gasteiger partial charge is 0.340 e. The lowest BCUT2D eigenvalue weighted by molar-refractivity contribution is 0.0527. The summed E-state index contributed by atoms with van der Waals surface area (Å²) >= 11 is 0. The minimum absolute atomic E-state index is 0.321. The summed E-state index contributed by atoms with van der Waals surface area (Å²) in [5, 5.41) is 0. The zero-order chi connectivity index (χ0) is 18.8. The summed E-state index contributed by atoms with van der Waals surface area (Å²) in [6, 6.07) is 16.0. The number of carbonyl (C=O) groups excluding carboxylic acids is 1. The highest BCUT2D eigenvalue weighted by atomic mass is 16.5. The first-order valence-electron chi connectivity index (χ1n) is 9.60. The van der Waals surface area contributed by atoms with Crippen LogP contribution in [-0.4, -0.2) is 22.1 Å². The summed E-state index contributed by atoms with van der Waals surface area (Å²) in [5.41, 5.74) is 6.84. The zero-order valence-electron chi connectivity index (χ0n) is 15.9. The first-order valence-corrected chi connectivity index (χ1v) is 9.60. The van der Waals surface area contributed by atoms with Crippen molar-refractivity contribution in [1.29, 1.82) is 0 Å². The van der Waals surface area contributed by atoms with Gasteiger partial charge in [0.05, 0.1) is 23.6 Å². The van der Waals surface area contributed by atoms with E-state index in [0.717, 1.165) is 29.8 Å². The number of benzene rings is 1. The van der Waals surface area contributed by atoms with Crippen molar-refractivity contribution in [2.45, 2.75) is 32.6 Å². The highest BCUT2D eigenvalue weighted by molar-refractivity contribution is 5.96. The van der Waals surface area contributed by atoms with Gasteiger partial charge < -0.3 is 9.30 Å². The van der Waals surface area contributed by atoms with Crippen LogP contribution in [0.4, 0.5) is 0 Å². The van der Waals surface area contributed by atoms with Crippen LogP contribution in [0, 0.1) is 0 Å². The Bertz CT molecular complexity index is 974. The maximum absolute atomic E-state index is 12.6. The van der Waals surface area contributed by atoms with Gasteiger partial charge in [0.2, 0.25) is 0 Å². The van der Waals surface area contributed by atoms with Gasteiger partial charge in [-0.3, -0.25) is 0 Å². The van der Waals surface area contributed by atoms with E-state index in [1.54, 1.807) is 0 Å². The lowest BCUT2D eigenvalue weighted by Gasteiger charge is -2.14. The van der Waals surface area contributed by atoms with Gasteiger partial charge in [-0.05, 0) is 56.4 Å². The molecular formula is C23H24N2O2. The third kappa shape index (κ3) is 3.27. The molecule has 0 saturated carbocycles. The summed E-state index contributed by atoms with van der Waals surface area (Å²) in [5.74, 6) is -0.321. The highest BCUT2D eigenvalue weighted by Gasteiger charge is 2.23. The maximum atomic E-state index is 12.6. The summed E-state index contributed by atoms with van der Waals surface area (Å²) in [4.78, 5) is 17.5. The second kappa shape index (κ2) is 7.39. The minimum atomic E-state index is -0.321. The summed E-state index contributed by atoms with van der Waals surface area (Å²) < 4.78 is 7.49. The van der Waals surface area contributed by atoms with E-state index in [9.17, 15) is 4.79 Å². The van der Waals surface area contributed by atoms with Gasteiger partial charge in [0, 0.05) is 18.3 Å². The first kappa shape index (κ1) is 17.5. The van der Waals surface area contributed by atoms with E-state index in [0.29, 0.717) is 17.9 Å². The molecule has 2 heterocycles. The fourth-order valence-corrected chi connectivity index (χ4v) is 3.88. The fourth-order valence-electron chi connectivity index (χ4n) is 3.88. The predicted octanol–water partition coefficient (Wildman–Crippen LogP) is 4.81. The largest absolute Gasteiger partial charge is 0.462 e. The van der Waals surface area contributed by atoms with Crippen molar-refractivity contribution in [2.24, 2.45) is 7.05 Å². The van der Waals surface area contributed by atoms with Crippen molar-refractivity contribution in [2.75, 3.05) is 6.61 Å². The van der Waals surface area contributed by atoms with Crippen LogP contribution in [0.5, 0.6) is 0 Å². The molecule has 3 aromatic rings. The monoisotopic (exact) mass is 360 g/mol. The van der Waals surface area contributed by atoms with Gasteiger partial charge >= 0.3 is 5.97 Å². The number of aryl methyl sites for hydroxylation is 1. The Kier molecular flexibility index (Phi) is 4.80. The number of hydrogen-bond donors (Lipinski definition) is 0. The Morgan fingerprint density at radius 2 is 1.89 bits per heavy atom. The summed E-state index contributed by atoms with van der Waals surface area (Å²) in [7, 11) is 2.07. The number of carbonyl (C=O) groups is 1. The number of nitrogens with zero attached hydrogens (tertiary/aromatic N) is 2. The molecule has 4 nitrogen and oxygen atoms in total. The maximum Gasteiger partial charge on any atom is 0.340 e. The quantitative estimate of drug-likeness (QED) is 0.627. The van der Waals surface area contributed by atoms with Crippen LogP contribution in [0.1, 0.15) is 41.4 Å². The van der Waals surface area contributed by atoms with Crippen molar-refractivity contribution in [3.8, 4) is 22.6 Å². The van der Waals surface area contributed by atoms with Crippen molar-refractivity contribution in [1.82, 2.24) is 9.55 Å². The van der Waals surface area contributed by atoms with Crippen LogP contribution < -0.4 is 0 Å². The third-order valence-electron chi connectivity index (χ3n) is 5.26. The van der Waals surface area contributed by atoms with Gasteiger partial charge in [0.25, 0.3) is 0 Å². The van der Waals surface area contributed by atoms with Crippen LogP contribution >= 0.6 is 0 Å². The second-order valence-corrected chi connectivity index (χ2v) is 6.95. The molecule has 0 spiro atoms. The molecule has 0 atom stereocenters. The van der Waals surface area contributed by atoms with Crippen molar-refractivity contribution >= 4 is 5.97 Å². The molecule has 0 unspecified atom stereocenters. The Labute approximate surface area is 159 Å². The Balaban J connectivity index is 1.88. The molecule has 4 rings (SSSR count). The number of ether oxygens (including phenoxy) is 1. The average Bonchev–Trinajstić information content (AvgIpc) is 3.05.